The lowest BCUT2D eigenvalue weighted by Crippen LogP contribution is -2.24. The Hall–Kier alpha value is -3.69. The van der Waals surface area contributed by atoms with Crippen LogP contribution in [0, 0.1) is 0 Å². The molecule has 1 aliphatic rings. The van der Waals surface area contributed by atoms with E-state index in [9.17, 15) is 4.79 Å². The Morgan fingerprint density at radius 1 is 1.03 bits per heavy atom. The third-order valence-corrected chi connectivity index (χ3v) is 6.27. The van der Waals surface area contributed by atoms with Crippen LogP contribution < -0.4 is 19.3 Å². The number of hydrogen-bond acceptors (Lipinski definition) is 8. The van der Waals surface area contributed by atoms with E-state index in [1.165, 1.54) is 19.2 Å². The van der Waals surface area contributed by atoms with Gasteiger partial charge in [0.2, 0.25) is 5.91 Å². The summed E-state index contributed by atoms with van der Waals surface area (Å²) < 4.78 is 18.0. The Bertz CT molecular complexity index is 1180. The Balaban J connectivity index is 1.36. The second kappa shape index (κ2) is 11.2. The van der Waals surface area contributed by atoms with Gasteiger partial charge in [-0.25, -0.2) is 5.01 Å². The molecule has 8 nitrogen and oxygen atoms in total. The highest BCUT2D eigenvalue weighted by Gasteiger charge is 2.31. The summed E-state index contributed by atoms with van der Waals surface area (Å²) in [6.07, 6.45) is 0.635. The van der Waals surface area contributed by atoms with Crippen molar-refractivity contribution >= 4 is 35.2 Å². The standard InChI is InChI=1S/C26H28N4O4S/c1-18(31)30-26(20-10-14-23(32-3)15-11-20)17-25(27-30)19-8-12-21(13-9-19)28-34-35-29(2)22-6-5-7-24(16-22)33-4/h5-16,26,28H,17H2,1-4H3. The Morgan fingerprint density at radius 2 is 1.74 bits per heavy atom. The maximum absolute atomic E-state index is 12.2. The molecule has 4 rings (SSSR count). The summed E-state index contributed by atoms with van der Waals surface area (Å²) in [4.78, 5) is 12.2. The molecule has 1 unspecified atom stereocenters. The van der Waals surface area contributed by atoms with Crippen molar-refractivity contribution in [1.29, 1.82) is 0 Å². The van der Waals surface area contributed by atoms with E-state index in [1.807, 2.05) is 84.1 Å². The van der Waals surface area contributed by atoms with E-state index in [2.05, 4.69) is 10.6 Å². The van der Waals surface area contributed by atoms with Crippen LogP contribution in [-0.4, -0.2) is 37.9 Å². The number of rotatable bonds is 9. The van der Waals surface area contributed by atoms with Crippen LogP contribution in [0.4, 0.5) is 11.4 Å². The van der Waals surface area contributed by atoms with Crippen molar-refractivity contribution in [1.82, 2.24) is 5.01 Å². The van der Waals surface area contributed by atoms with Crippen molar-refractivity contribution in [2.24, 2.45) is 5.10 Å². The van der Waals surface area contributed by atoms with Crippen LogP contribution in [0.1, 0.15) is 30.5 Å². The monoisotopic (exact) mass is 492 g/mol. The number of carbonyl (C=O) groups is 1. The van der Waals surface area contributed by atoms with Gasteiger partial charge in [0.1, 0.15) is 23.7 Å². The van der Waals surface area contributed by atoms with Gasteiger partial charge in [-0.3, -0.25) is 14.6 Å². The number of nitrogens with zero attached hydrogens (tertiary/aromatic N) is 3. The fraction of sp³-hybridized carbons (Fsp3) is 0.231. The summed E-state index contributed by atoms with van der Waals surface area (Å²) in [6.45, 7) is 1.54. The Kier molecular flexibility index (Phi) is 7.79. The SMILES string of the molecule is COc1ccc(C2CC(c3ccc(NOSN(C)c4cccc(OC)c4)cc3)=NN2C(C)=O)cc1. The third-order valence-electron chi connectivity index (χ3n) is 5.68. The van der Waals surface area contributed by atoms with E-state index in [4.69, 9.17) is 13.8 Å². The van der Waals surface area contributed by atoms with Gasteiger partial charge >= 0.3 is 0 Å². The van der Waals surface area contributed by atoms with Gasteiger partial charge < -0.3 is 9.47 Å². The highest BCUT2D eigenvalue weighted by atomic mass is 32.2. The number of methoxy groups -OCH3 is 2. The highest BCUT2D eigenvalue weighted by Crippen LogP contribution is 2.34. The molecule has 182 valence electrons. The van der Waals surface area contributed by atoms with Gasteiger partial charge in [0.25, 0.3) is 0 Å². The van der Waals surface area contributed by atoms with Crippen LogP contribution in [0.2, 0.25) is 0 Å². The minimum absolute atomic E-state index is 0.0929. The van der Waals surface area contributed by atoms with Crippen molar-refractivity contribution in [3.8, 4) is 11.5 Å². The first-order chi connectivity index (χ1) is 17.0. The van der Waals surface area contributed by atoms with Gasteiger partial charge in [0.05, 0.1) is 37.3 Å². The average Bonchev–Trinajstić information content (AvgIpc) is 3.35. The zero-order valence-electron chi connectivity index (χ0n) is 20.1. The average molecular weight is 493 g/mol. The first-order valence-electron chi connectivity index (χ1n) is 11.1. The minimum Gasteiger partial charge on any atom is -0.497 e. The molecule has 0 aliphatic carbocycles. The van der Waals surface area contributed by atoms with E-state index < -0.39 is 0 Å². The number of nitrogens with one attached hydrogen (secondary N) is 1. The van der Waals surface area contributed by atoms with Gasteiger partial charge in [-0.1, -0.05) is 30.3 Å². The van der Waals surface area contributed by atoms with Crippen LogP contribution in [0.25, 0.3) is 0 Å². The fourth-order valence-corrected chi connectivity index (χ4v) is 4.21. The van der Waals surface area contributed by atoms with Crippen molar-refractivity contribution in [2.75, 3.05) is 31.1 Å². The largest absolute Gasteiger partial charge is 0.497 e. The molecule has 9 heteroatoms. The topological polar surface area (TPSA) is 75.6 Å². The Morgan fingerprint density at radius 3 is 2.40 bits per heavy atom. The molecule has 0 radical (unpaired) electrons. The molecule has 1 aliphatic heterocycles. The smallest absolute Gasteiger partial charge is 0.240 e. The molecule has 35 heavy (non-hydrogen) atoms. The fourth-order valence-electron chi connectivity index (χ4n) is 3.76. The first kappa shape index (κ1) is 24.4. The molecular weight excluding hydrogens is 464 g/mol. The second-order valence-electron chi connectivity index (χ2n) is 7.94. The predicted molar refractivity (Wildman–Crippen MR) is 140 cm³/mol. The zero-order valence-corrected chi connectivity index (χ0v) is 20.9. The van der Waals surface area contributed by atoms with Gasteiger partial charge in [0.15, 0.2) is 0 Å². The number of carbonyl (C=O) groups excluding carboxylic acids is 1. The lowest BCUT2D eigenvalue weighted by Gasteiger charge is -2.20. The molecule has 0 aromatic heterocycles. The molecular formula is C26H28N4O4S. The van der Waals surface area contributed by atoms with E-state index in [-0.39, 0.29) is 11.9 Å². The maximum Gasteiger partial charge on any atom is 0.240 e. The quantitative estimate of drug-likeness (QED) is 0.242. The van der Waals surface area contributed by atoms with E-state index in [1.54, 1.807) is 19.2 Å². The molecule has 0 saturated carbocycles. The van der Waals surface area contributed by atoms with Crippen molar-refractivity contribution < 1.29 is 18.6 Å². The molecule has 3 aromatic carbocycles. The van der Waals surface area contributed by atoms with Gasteiger partial charge in [0, 0.05) is 26.5 Å². The zero-order chi connectivity index (χ0) is 24.8. The molecule has 1 atom stereocenters. The Labute approximate surface area is 209 Å². The molecule has 1 heterocycles. The van der Waals surface area contributed by atoms with Crippen LogP contribution >= 0.6 is 12.2 Å². The van der Waals surface area contributed by atoms with Gasteiger partial charge in [-0.15, -0.1) is 0 Å². The number of ether oxygens (including phenoxy) is 2. The summed E-state index contributed by atoms with van der Waals surface area (Å²) in [5, 5.41) is 6.17. The summed E-state index contributed by atoms with van der Waals surface area (Å²) in [6, 6.07) is 23.1. The van der Waals surface area contributed by atoms with Crippen molar-refractivity contribution in [3.63, 3.8) is 0 Å². The summed E-state index contributed by atoms with van der Waals surface area (Å²) in [7, 11) is 5.18. The summed E-state index contributed by atoms with van der Waals surface area (Å²) >= 11 is 1.17. The van der Waals surface area contributed by atoms with Crippen molar-refractivity contribution in [3.05, 3.63) is 83.9 Å². The number of benzene rings is 3. The molecule has 0 fully saturated rings. The first-order valence-corrected chi connectivity index (χ1v) is 11.8. The van der Waals surface area contributed by atoms with Crippen LogP contribution in [-0.2, 0) is 9.08 Å². The van der Waals surface area contributed by atoms with Crippen molar-refractivity contribution in [2.45, 2.75) is 19.4 Å². The van der Waals surface area contributed by atoms with Crippen LogP contribution in [0.3, 0.4) is 0 Å². The second-order valence-corrected chi connectivity index (χ2v) is 8.80. The normalized spacial score (nSPS) is 14.9. The van der Waals surface area contributed by atoms with E-state index >= 15 is 0 Å². The van der Waals surface area contributed by atoms with Gasteiger partial charge in [-0.05, 0) is 47.5 Å². The number of anilines is 2. The summed E-state index contributed by atoms with van der Waals surface area (Å²) in [5.41, 5.74) is 7.53. The third kappa shape index (κ3) is 5.87. The molecule has 0 spiro atoms. The number of amides is 1. The lowest BCUT2D eigenvalue weighted by molar-refractivity contribution is -0.130. The van der Waals surface area contributed by atoms with E-state index in [0.717, 1.165) is 39.7 Å². The minimum atomic E-state index is -0.141. The van der Waals surface area contributed by atoms with Gasteiger partial charge in [-0.2, -0.15) is 9.39 Å². The molecule has 0 saturated heterocycles. The molecule has 1 amide bonds. The molecule has 1 N–H and O–H groups in total. The molecule has 0 bridgehead atoms. The van der Waals surface area contributed by atoms with E-state index in [0.29, 0.717) is 6.42 Å². The lowest BCUT2D eigenvalue weighted by atomic mass is 9.98. The molecule has 3 aromatic rings. The number of hydrogen-bond donors (Lipinski definition) is 1. The summed E-state index contributed by atoms with van der Waals surface area (Å²) in [5.74, 6) is 1.47. The van der Waals surface area contributed by atoms with Crippen LogP contribution in [0.5, 0.6) is 11.5 Å². The van der Waals surface area contributed by atoms with Crippen LogP contribution in [0.15, 0.2) is 77.9 Å². The maximum atomic E-state index is 12.2. The predicted octanol–water partition coefficient (Wildman–Crippen LogP) is 5.44. The highest BCUT2D eigenvalue weighted by molar-refractivity contribution is 7.96. The number of hydrazone groups is 1.